The second-order valence-electron chi connectivity index (χ2n) is 5.95. The van der Waals surface area contributed by atoms with Gasteiger partial charge < -0.3 is 14.2 Å². The van der Waals surface area contributed by atoms with Crippen LogP contribution in [0.4, 0.5) is 4.79 Å². The van der Waals surface area contributed by atoms with E-state index in [9.17, 15) is 9.59 Å². The smallest absolute Gasteiger partial charge is 0.412 e. The summed E-state index contributed by atoms with van der Waals surface area (Å²) in [4.78, 5) is 25.8. The molecule has 0 saturated carbocycles. The Labute approximate surface area is 127 Å². The van der Waals surface area contributed by atoms with Crippen LogP contribution in [0.5, 0.6) is 0 Å². The van der Waals surface area contributed by atoms with Crippen molar-refractivity contribution in [1.82, 2.24) is 4.90 Å². The van der Waals surface area contributed by atoms with Gasteiger partial charge in [-0.05, 0) is 33.6 Å². The molecule has 21 heavy (non-hydrogen) atoms. The van der Waals surface area contributed by atoms with Crippen LogP contribution in [0.1, 0.15) is 48.0 Å². The number of methoxy groups -OCH3 is 1. The van der Waals surface area contributed by atoms with Crippen LogP contribution in [0.15, 0.2) is 0 Å². The van der Waals surface area contributed by atoms with E-state index in [4.69, 9.17) is 14.2 Å². The molecule has 0 rings (SSSR count). The van der Waals surface area contributed by atoms with Crippen LogP contribution < -0.4 is 0 Å². The van der Waals surface area contributed by atoms with Crippen LogP contribution in [0.3, 0.4) is 0 Å². The predicted molar refractivity (Wildman–Crippen MR) is 79.8 cm³/mol. The molecule has 0 bridgehead atoms. The average Bonchev–Trinajstić information content (AvgIpc) is 2.36. The standard InChI is InChI=1S/C15H29NO5/c1-8-11(3)12(13(17)20-9-2)16(10-19-7)14(18)21-15(4,5)6/h11-12H,8-10H2,1-7H3/t11-,12-/m0/s1. The maximum absolute atomic E-state index is 12.3. The lowest BCUT2D eigenvalue weighted by Crippen LogP contribution is -2.51. The van der Waals surface area contributed by atoms with E-state index >= 15 is 0 Å². The second-order valence-corrected chi connectivity index (χ2v) is 5.95. The minimum atomic E-state index is -0.718. The van der Waals surface area contributed by atoms with Gasteiger partial charge in [-0.25, -0.2) is 9.59 Å². The molecule has 1 amide bonds. The predicted octanol–water partition coefficient (Wildman–Crippen LogP) is 2.81. The molecule has 0 aliphatic carbocycles. The number of rotatable bonds is 7. The molecule has 6 nitrogen and oxygen atoms in total. The molecule has 0 aromatic rings. The summed E-state index contributed by atoms with van der Waals surface area (Å²) in [6.07, 6.45) is 0.148. The quantitative estimate of drug-likeness (QED) is 0.534. The molecule has 124 valence electrons. The molecule has 0 heterocycles. The lowest BCUT2D eigenvalue weighted by atomic mass is 9.98. The SMILES string of the molecule is CCOC(=O)[C@H]([C@@H](C)CC)N(COC)C(=O)OC(C)(C)C. The van der Waals surface area contributed by atoms with Crippen molar-refractivity contribution in [1.29, 1.82) is 0 Å². The van der Waals surface area contributed by atoms with Crippen LogP contribution >= 0.6 is 0 Å². The summed E-state index contributed by atoms with van der Waals surface area (Å²) in [5.74, 6) is -0.499. The Morgan fingerprint density at radius 3 is 2.14 bits per heavy atom. The number of nitrogens with zero attached hydrogens (tertiary/aromatic N) is 1. The van der Waals surface area contributed by atoms with Crippen LogP contribution in [-0.2, 0) is 19.0 Å². The third-order valence-corrected chi connectivity index (χ3v) is 2.94. The Morgan fingerprint density at radius 2 is 1.76 bits per heavy atom. The van der Waals surface area contributed by atoms with Crippen molar-refractivity contribution in [3.8, 4) is 0 Å². The molecule has 0 saturated heterocycles. The molecular formula is C15H29NO5. The van der Waals surface area contributed by atoms with Crippen LogP contribution in [0.25, 0.3) is 0 Å². The fourth-order valence-corrected chi connectivity index (χ4v) is 1.82. The van der Waals surface area contributed by atoms with Crippen molar-refractivity contribution in [2.45, 2.75) is 59.6 Å². The number of hydrogen-bond donors (Lipinski definition) is 0. The lowest BCUT2D eigenvalue weighted by Gasteiger charge is -2.34. The summed E-state index contributed by atoms with van der Waals surface area (Å²) in [6, 6.07) is -0.718. The summed E-state index contributed by atoms with van der Waals surface area (Å²) >= 11 is 0. The van der Waals surface area contributed by atoms with E-state index in [-0.39, 0.29) is 19.3 Å². The van der Waals surface area contributed by atoms with E-state index in [0.717, 1.165) is 6.42 Å². The molecule has 0 aromatic heterocycles. The highest BCUT2D eigenvalue weighted by Gasteiger charge is 2.37. The molecule has 0 aliphatic rings. The van der Waals surface area contributed by atoms with E-state index in [2.05, 4.69) is 0 Å². The summed E-state index contributed by atoms with van der Waals surface area (Å²) in [5, 5.41) is 0. The molecule has 0 unspecified atom stereocenters. The van der Waals surface area contributed by atoms with Gasteiger partial charge in [-0.2, -0.15) is 0 Å². The first-order chi connectivity index (χ1) is 9.67. The monoisotopic (exact) mass is 303 g/mol. The maximum Gasteiger partial charge on any atom is 0.412 e. The van der Waals surface area contributed by atoms with Gasteiger partial charge in [0.05, 0.1) is 6.61 Å². The number of esters is 1. The van der Waals surface area contributed by atoms with Crippen molar-refractivity contribution in [3.63, 3.8) is 0 Å². The first-order valence-electron chi connectivity index (χ1n) is 7.33. The van der Waals surface area contributed by atoms with Crippen molar-refractivity contribution in [2.75, 3.05) is 20.4 Å². The van der Waals surface area contributed by atoms with E-state index in [1.165, 1.54) is 12.0 Å². The van der Waals surface area contributed by atoms with Gasteiger partial charge in [-0.1, -0.05) is 20.3 Å². The molecule has 6 heteroatoms. The van der Waals surface area contributed by atoms with Crippen molar-refractivity contribution in [3.05, 3.63) is 0 Å². The van der Waals surface area contributed by atoms with Gasteiger partial charge >= 0.3 is 12.1 Å². The summed E-state index contributed by atoms with van der Waals surface area (Å²) in [5.41, 5.74) is -0.641. The van der Waals surface area contributed by atoms with Crippen molar-refractivity contribution in [2.24, 2.45) is 5.92 Å². The molecule has 0 radical (unpaired) electrons. The first kappa shape index (κ1) is 19.7. The molecular weight excluding hydrogens is 274 g/mol. The van der Waals surface area contributed by atoms with Gasteiger partial charge in [0.1, 0.15) is 18.4 Å². The zero-order valence-electron chi connectivity index (χ0n) is 14.3. The van der Waals surface area contributed by atoms with Gasteiger partial charge in [0.2, 0.25) is 0 Å². The zero-order valence-corrected chi connectivity index (χ0v) is 14.3. The number of ether oxygens (including phenoxy) is 3. The Bertz CT molecular complexity index is 337. The minimum absolute atomic E-state index is 0.0251. The van der Waals surface area contributed by atoms with Crippen LogP contribution in [-0.4, -0.2) is 49.1 Å². The van der Waals surface area contributed by atoms with E-state index in [0.29, 0.717) is 0 Å². The molecule has 0 spiro atoms. The van der Waals surface area contributed by atoms with Crippen LogP contribution in [0.2, 0.25) is 0 Å². The lowest BCUT2D eigenvalue weighted by molar-refractivity contribution is -0.153. The number of carbonyl (C=O) groups is 2. The maximum atomic E-state index is 12.3. The highest BCUT2D eigenvalue weighted by Crippen LogP contribution is 2.20. The van der Waals surface area contributed by atoms with E-state index < -0.39 is 23.7 Å². The zero-order chi connectivity index (χ0) is 16.6. The molecule has 0 N–H and O–H groups in total. The van der Waals surface area contributed by atoms with Crippen molar-refractivity contribution >= 4 is 12.1 Å². The molecule has 2 atom stereocenters. The Kier molecular flexibility index (Phi) is 8.32. The topological polar surface area (TPSA) is 65.1 Å². The third-order valence-electron chi connectivity index (χ3n) is 2.94. The van der Waals surface area contributed by atoms with Gasteiger partial charge in [0.15, 0.2) is 0 Å². The number of amides is 1. The van der Waals surface area contributed by atoms with Gasteiger partial charge in [-0.15, -0.1) is 0 Å². The largest absolute Gasteiger partial charge is 0.464 e. The second kappa shape index (κ2) is 8.87. The van der Waals surface area contributed by atoms with Gasteiger partial charge in [0, 0.05) is 7.11 Å². The Morgan fingerprint density at radius 1 is 1.19 bits per heavy atom. The highest BCUT2D eigenvalue weighted by atomic mass is 16.6. The number of carbonyl (C=O) groups excluding carboxylic acids is 2. The molecule has 0 fully saturated rings. The molecule has 0 aliphatic heterocycles. The normalized spacial score (nSPS) is 14.2. The Hall–Kier alpha value is -1.30. The number of hydrogen-bond acceptors (Lipinski definition) is 5. The summed E-state index contributed by atoms with van der Waals surface area (Å²) < 4.78 is 15.5. The Balaban J connectivity index is 5.30. The van der Waals surface area contributed by atoms with Gasteiger partial charge in [0.25, 0.3) is 0 Å². The van der Waals surface area contributed by atoms with E-state index in [1.54, 1.807) is 27.7 Å². The fourth-order valence-electron chi connectivity index (χ4n) is 1.82. The fraction of sp³-hybridized carbons (Fsp3) is 0.867. The van der Waals surface area contributed by atoms with Crippen molar-refractivity contribution < 1.29 is 23.8 Å². The van der Waals surface area contributed by atoms with Gasteiger partial charge in [-0.3, -0.25) is 4.90 Å². The van der Waals surface area contributed by atoms with Crippen LogP contribution in [0, 0.1) is 5.92 Å². The first-order valence-corrected chi connectivity index (χ1v) is 7.33. The summed E-state index contributed by atoms with van der Waals surface area (Å²) in [6.45, 7) is 11.2. The third kappa shape index (κ3) is 6.80. The summed E-state index contributed by atoms with van der Waals surface area (Å²) in [7, 11) is 1.47. The average molecular weight is 303 g/mol. The minimum Gasteiger partial charge on any atom is -0.464 e. The van der Waals surface area contributed by atoms with E-state index in [1.807, 2.05) is 13.8 Å². The molecule has 0 aromatic carbocycles. The highest BCUT2D eigenvalue weighted by molar-refractivity contribution is 5.81.